The van der Waals surface area contributed by atoms with Crippen LogP contribution in [0.3, 0.4) is 0 Å². The maximum Gasteiger partial charge on any atom is 0.124 e. The summed E-state index contributed by atoms with van der Waals surface area (Å²) < 4.78 is 13.1. The standard InChI is InChI=1S/C18H13FN2/c19-17-7-8-18(16(10-17)11-20)21-12-13-5-6-14-3-1-2-4-15(14)9-13/h1-10,21H,12H2. The first-order valence-corrected chi connectivity index (χ1v) is 6.67. The summed E-state index contributed by atoms with van der Waals surface area (Å²) >= 11 is 0. The van der Waals surface area contributed by atoms with Gasteiger partial charge in [-0.05, 0) is 40.6 Å². The molecule has 0 aliphatic heterocycles. The maximum absolute atomic E-state index is 13.1. The maximum atomic E-state index is 13.1. The van der Waals surface area contributed by atoms with E-state index < -0.39 is 5.82 Å². The van der Waals surface area contributed by atoms with E-state index in [1.807, 2.05) is 24.3 Å². The number of nitriles is 1. The van der Waals surface area contributed by atoms with E-state index in [-0.39, 0.29) is 0 Å². The van der Waals surface area contributed by atoms with E-state index in [4.69, 9.17) is 5.26 Å². The van der Waals surface area contributed by atoms with Crippen molar-refractivity contribution < 1.29 is 4.39 Å². The lowest BCUT2D eigenvalue weighted by Crippen LogP contribution is -2.01. The Bertz CT molecular complexity index is 834. The van der Waals surface area contributed by atoms with E-state index in [9.17, 15) is 4.39 Å². The summed E-state index contributed by atoms with van der Waals surface area (Å²) in [6.45, 7) is 0.588. The van der Waals surface area contributed by atoms with Crippen LogP contribution >= 0.6 is 0 Å². The third-order valence-electron chi connectivity index (χ3n) is 3.40. The predicted octanol–water partition coefficient (Wildman–Crippen LogP) is 4.46. The van der Waals surface area contributed by atoms with Crippen molar-refractivity contribution in [1.82, 2.24) is 0 Å². The number of fused-ring (bicyclic) bond motifs is 1. The molecule has 0 radical (unpaired) electrons. The van der Waals surface area contributed by atoms with Gasteiger partial charge in [0.05, 0.1) is 11.3 Å². The summed E-state index contributed by atoms with van der Waals surface area (Å²) in [4.78, 5) is 0. The molecule has 3 rings (SSSR count). The second kappa shape index (κ2) is 5.64. The normalized spacial score (nSPS) is 10.3. The average Bonchev–Trinajstić information content (AvgIpc) is 2.53. The molecule has 0 saturated heterocycles. The molecule has 2 nitrogen and oxygen atoms in total. The highest BCUT2D eigenvalue weighted by atomic mass is 19.1. The van der Waals surface area contributed by atoms with Crippen LogP contribution in [0.15, 0.2) is 60.7 Å². The molecule has 0 bridgehead atoms. The number of benzene rings is 3. The molecule has 3 aromatic carbocycles. The Hall–Kier alpha value is -2.86. The van der Waals surface area contributed by atoms with Crippen molar-refractivity contribution in [1.29, 1.82) is 5.26 Å². The first-order valence-electron chi connectivity index (χ1n) is 6.67. The Morgan fingerprint density at radius 2 is 1.76 bits per heavy atom. The van der Waals surface area contributed by atoms with Gasteiger partial charge in [-0.25, -0.2) is 4.39 Å². The molecular formula is C18H13FN2. The summed E-state index contributed by atoms with van der Waals surface area (Å²) in [5.41, 5.74) is 2.07. The van der Waals surface area contributed by atoms with Crippen molar-refractivity contribution in [2.75, 3.05) is 5.32 Å². The molecule has 0 heterocycles. The van der Waals surface area contributed by atoms with Gasteiger partial charge in [0.25, 0.3) is 0 Å². The van der Waals surface area contributed by atoms with Gasteiger partial charge < -0.3 is 5.32 Å². The van der Waals surface area contributed by atoms with Crippen LogP contribution in [-0.4, -0.2) is 0 Å². The van der Waals surface area contributed by atoms with Gasteiger partial charge in [-0.2, -0.15) is 5.26 Å². The Morgan fingerprint density at radius 3 is 2.57 bits per heavy atom. The average molecular weight is 276 g/mol. The minimum absolute atomic E-state index is 0.316. The highest BCUT2D eigenvalue weighted by Gasteiger charge is 2.03. The molecule has 0 saturated carbocycles. The molecule has 0 aliphatic carbocycles. The van der Waals surface area contributed by atoms with Crippen molar-refractivity contribution in [2.24, 2.45) is 0 Å². The lowest BCUT2D eigenvalue weighted by molar-refractivity contribution is 0.627. The molecule has 0 atom stereocenters. The van der Waals surface area contributed by atoms with Gasteiger partial charge in [0.1, 0.15) is 11.9 Å². The molecule has 0 fully saturated rings. The van der Waals surface area contributed by atoms with Gasteiger partial charge in [0.15, 0.2) is 0 Å². The van der Waals surface area contributed by atoms with Crippen LogP contribution in [0.1, 0.15) is 11.1 Å². The monoisotopic (exact) mass is 276 g/mol. The van der Waals surface area contributed by atoms with Crippen LogP contribution < -0.4 is 5.32 Å². The van der Waals surface area contributed by atoms with Crippen LogP contribution in [0, 0.1) is 17.1 Å². The van der Waals surface area contributed by atoms with Gasteiger partial charge in [-0.1, -0.05) is 36.4 Å². The van der Waals surface area contributed by atoms with Gasteiger partial charge in [0, 0.05) is 6.54 Å². The molecule has 3 aromatic rings. The summed E-state index contributed by atoms with van der Waals surface area (Å²) in [6.07, 6.45) is 0. The third-order valence-corrected chi connectivity index (χ3v) is 3.40. The second-order valence-electron chi connectivity index (χ2n) is 4.84. The number of anilines is 1. The van der Waals surface area contributed by atoms with Crippen molar-refractivity contribution >= 4 is 16.5 Å². The van der Waals surface area contributed by atoms with E-state index in [1.165, 1.54) is 22.9 Å². The van der Waals surface area contributed by atoms with Crippen LogP contribution in [0.4, 0.5) is 10.1 Å². The Labute approximate surface area is 122 Å². The molecule has 102 valence electrons. The van der Waals surface area contributed by atoms with Gasteiger partial charge in [-0.3, -0.25) is 0 Å². The van der Waals surface area contributed by atoms with Crippen molar-refractivity contribution in [3.8, 4) is 6.07 Å². The van der Waals surface area contributed by atoms with Crippen molar-refractivity contribution in [2.45, 2.75) is 6.54 Å². The van der Waals surface area contributed by atoms with Gasteiger partial charge in [0.2, 0.25) is 0 Å². The second-order valence-corrected chi connectivity index (χ2v) is 4.84. The fraction of sp³-hybridized carbons (Fsp3) is 0.0556. The van der Waals surface area contributed by atoms with E-state index in [0.29, 0.717) is 17.8 Å². The van der Waals surface area contributed by atoms with Gasteiger partial charge in [-0.15, -0.1) is 0 Å². The number of rotatable bonds is 3. The number of nitrogens with one attached hydrogen (secondary N) is 1. The molecule has 1 N–H and O–H groups in total. The molecule has 21 heavy (non-hydrogen) atoms. The Kier molecular flexibility index (Phi) is 3.53. The van der Waals surface area contributed by atoms with Crippen LogP contribution in [-0.2, 0) is 6.54 Å². The van der Waals surface area contributed by atoms with Crippen molar-refractivity contribution in [3.63, 3.8) is 0 Å². The van der Waals surface area contributed by atoms with Crippen LogP contribution in [0.5, 0.6) is 0 Å². The summed E-state index contributed by atoms with van der Waals surface area (Å²) in [5, 5.41) is 14.6. The summed E-state index contributed by atoms with van der Waals surface area (Å²) in [5.74, 6) is -0.400. The smallest absolute Gasteiger partial charge is 0.124 e. The lowest BCUT2D eigenvalue weighted by atomic mass is 10.1. The molecule has 3 heteroatoms. The van der Waals surface area contributed by atoms with Crippen LogP contribution in [0.2, 0.25) is 0 Å². The largest absolute Gasteiger partial charge is 0.380 e. The molecule has 0 spiro atoms. The number of hydrogen-bond donors (Lipinski definition) is 1. The highest BCUT2D eigenvalue weighted by Crippen LogP contribution is 2.19. The fourth-order valence-electron chi connectivity index (χ4n) is 2.31. The zero-order valence-corrected chi connectivity index (χ0v) is 11.3. The minimum Gasteiger partial charge on any atom is -0.380 e. The minimum atomic E-state index is -0.400. The van der Waals surface area contributed by atoms with E-state index in [1.54, 1.807) is 6.07 Å². The molecule has 0 amide bonds. The summed E-state index contributed by atoms with van der Waals surface area (Å²) in [6, 6.07) is 20.6. The first-order chi connectivity index (χ1) is 10.3. The topological polar surface area (TPSA) is 35.8 Å². The quantitative estimate of drug-likeness (QED) is 0.766. The number of halogens is 1. The zero-order chi connectivity index (χ0) is 14.7. The number of nitrogens with zero attached hydrogens (tertiary/aromatic N) is 1. The SMILES string of the molecule is N#Cc1cc(F)ccc1NCc1ccc2ccccc2c1. The lowest BCUT2D eigenvalue weighted by Gasteiger charge is -2.09. The predicted molar refractivity (Wildman–Crippen MR) is 82.4 cm³/mol. The zero-order valence-electron chi connectivity index (χ0n) is 11.3. The first kappa shape index (κ1) is 13.1. The Morgan fingerprint density at radius 1 is 0.952 bits per heavy atom. The molecule has 0 aliphatic rings. The van der Waals surface area contributed by atoms with E-state index in [0.717, 1.165) is 5.56 Å². The Balaban J connectivity index is 1.82. The van der Waals surface area contributed by atoms with Crippen molar-refractivity contribution in [3.05, 3.63) is 77.6 Å². The summed E-state index contributed by atoms with van der Waals surface area (Å²) in [7, 11) is 0. The van der Waals surface area contributed by atoms with E-state index in [2.05, 4.69) is 29.6 Å². The molecular weight excluding hydrogens is 263 g/mol. The van der Waals surface area contributed by atoms with E-state index >= 15 is 0 Å². The molecule has 0 aromatic heterocycles. The fourth-order valence-corrected chi connectivity index (χ4v) is 2.31. The van der Waals surface area contributed by atoms with Crippen LogP contribution in [0.25, 0.3) is 10.8 Å². The highest BCUT2D eigenvalue weighted by molar-refractivity contribution is 5.83. The number of hydrogen-bond acceptors (Lipinski definition) is 2. The van der Waals surface area contributed by atoms with Gasteiger partial charge >= 0.3 is 0 Å². The molecule has 0 unspecified atom stereocenters. The third kappa shape index (κ3) is 2.85.